The van der Waals surface area contributed by atoms with Gasteiger partial charge in [-0.15, -0.1) is 0 Å². The summed E-state index contributed by atoms with van der Waals surface area (Å²) in [5, 5.41) is 0. The van der Waals surface area contributed by atoms with Crippen LogP contribution >= 0.6 is 0 Å². The number of benzene rings is 9. The lowest BCUT2D eigenvalue weighted by atomic mass is 9.66. The van der Waals surface area contributed by atoms with Gasteiger partial charge in [0.15, 0.2) is 0 Å². The second-order valence-electron chi connectivity index (χ2n) is 17.8. The van der Waals surface area contributed by atoms with Crippen LogP contribution in [0.5, 0.6) is 0 Å². The fourth-order valence-electron chi connectivity index (χ4n) is 11.9. The third-order valence-corrected chi connectivity index (χ3v) is 14.8. The van der Waals surface area contributed by atoms with Crippen molar-refractivity contribution >= 4 is 17.1 Å². The van der Waals surface area contributed by atoms with Gasteiger partial charge in [0.05, 0.1) is 10.8 Å². The molecule has 0 radical (unpaired) electrons. The minimum Gasteiger partial charge on any atom is -0.375 e. The maximum atomic E-state index is 2.60. The second-order valence-corrected chi connectivity index (χ2v) is 17.8. The van der Waals surface area contributed by atoms with Crippen LogP contribution in [0.25, 0.3) is 33.4 Å². The van der Waals surface area contributed by atoms with Gasteiger partial charge in [-0.25, -0.2) is 0 Å². The Kier molecular flexibility index (Phi) is 29.2. The first-order valence-electron chi connectivity index (χ1n) is 32.0. The van der Waals surface area contributed by atoms with Crippen molar-refractivity contribution in [3.63, 3.8) is 0 Å². The Balaban J connectivity index is 0.000000899. The summed E-state index contributed by atoms with van der Waals surface area (Å²) in [5.74, 6) is 0. The summed E-state index contributed by atoms with van der Waals surface area (Å²) < 4.78 is 0. The number of hydrogen-bond donors (Lipinski definition) is 0. The maximum Gasteiger partial charge on any atom is 0.0714 e. The molecule has 3 aliphatic rings. The van der Waals surface area contributed by atoms with E-state index in [0.717, 1.165) is 19.5 Å². The molecule has 82 heavy (non-hydrogen) atoms. The van der Waals surface area contributed by atoms with Gasteiger partial charge >= 0.3 is 0 Å². The SMILES string of the molecule is CC.CC.CC.CC.CC.CC.CC.CC.CC.CCN(C)c1ccc2c(c1)C(c1ccccc1)(c1ccccc1)c1cc3c(cc1-2)C(c1ccccc1)(c1ccccc1)c1cc(N(CC)c2cccc4c2-c2ccccc2C4)ccc1-3. The molecular weight excluding hydrogens is 989 g/mol. The van der Waals surface area contributed by atoms with Crippen LogP contribution in [0, 0.1) is 0 Å². The summed E-state index contributed by atoms with van der Waals surface area (Å²) in [5.41, 5.74) is 23.7. The monoisotopic (exact) mass is 1090 g/mol. The Bertz CT molecular complexity index is 3150. The highest BCUT2D eigenvalue weighted by molar-refractivity contribution is 5.97. The van der Waals surface area contributed by atoms with Gasteiger partial charge in [-0.05, 0) is 146 Å². The fraction of sp³-hybridized carbons (Fsp3) is 0.325. The van der Waals surface area contributed by atoms with Crippen LogP contribution in [0.15, 0.2) is 212 Å². The predicted molar refractivity (Wildman–Crippen MR) is 369 cm³/mol. The van der Waals surface area contributed by atoms with Crippen molar-refractivity contribution in [1.29, 1.82) is 0 Å². The lowest BCUT2D eigenvalue weighted by Crippen LogP contribution is -2.30. The van der Waals surface area contributed by atoms with Crippen LogP contribution in [-0.4, -0.2) is 20.1 Å². The van der Waals surface area contributed by atoms with E-state index in [0.29, 0.717) is 0 Å². The molecule has 0 atom stereocenters. The first kappa shape index (κ1) is 68.9. The number of fused-ring (bicyclic) bond motifs is 9. The fourth-order valence-corrected chi connectivity index (χ4v) is 11.9. The van der Waals surface area contributed by atoms with Crippen molar-refractivity contribution in [1.82, 2.24) is 0 Å². The van der Waals surface area contributed by atoms with Crippen LogP contribution in [0.4, 0.5) is 17.1 Å². The van der Waals surface area contributed by atoms with E-state index in [4.69, 9.17) is 0 Å². The lowest BCUT2D eigenvalue weighted by molar-refractivity contribution is 0.758. The Morgan fingerprint density at radius 1 is 0.305 bits per heavy atom. The zero-order chi connectivity index (χ0) is 61.0. The molecule has 0 fully saturated rings. The van der Waals surface area contributed by atoms with Gasteiger partial charge in [-0.2, -0.15) is 0 Å². The lowest BCUT2D eigenvalue weighted by Gasteiger charge is -2.36. The molecule has 0 amide bonds. The number of rotatable bonds is 9. The Labute approximate surface area is 501 Å². The summed E-state index contributed by atoms with van der Waals surface area (Å²) >= 11 is 0. The van der Waals surface area contributed by atoms with Crippen molar-refractivity contribution in [2.24, 2.45) is 0 Å². The molecule has 0 N–H and O–H groups in total. The smallest absolute Gasteiger partial charge is 0.0714 e. The summed E-state index contributed by atoms with van der Waals surface area (Å²) in [6.07, 6.45) is 0.972. The van der Waals surface area contributed by atoms with Gasteiger partial charge in [-0.3, -0.25) is 0 Å². The summed E-state index contributed by atoms with van der Waals surface area (Å²) in [4.78, 5) is 4.90. The summed E-state index contributed by atoms with van der Waals surface area (Å²) in [6.45, 7) is 42.3. The molecule has 0 heterocycles. The molecule has 2 nitrogen and oxygen atoms in total. The second kappa shape index (κ2) is 34.8. The number of hydrogen-bond acceptors (Lipinski definition) is 2. The molecule has 0 bridgehead atoms. The van der Waals surface area contributed by atoms with Crippen LogP contribution in [-0.2, 0) is 17.3 Å². The van der Waals surface area contributed by atoms with Gasteiger partial charge in [0, 0.05) is 42.8 Å². The minimum atomic E-state index is -0.587. The molecule has 0 aliphatic heterocycles. The molecule has 0 spiro atoms. The zero-order valence-electron chi connectivity index (χ0n) is 54.7. The molecule has 0 unspecified atom stereocenters. The van der Waals surface area contributed by atoms with E-state index in [-0.39, 0.29) is 0 Å². The normalized spacial score (nSPS) is 11.7. The molecule has 0 saturated heterocycles. The zero-order valence-corrected chi connectivity index (χ0v) is 54.7. The molecule has 12 rings (SSSR count). The molecule has 0 saturated carbocycles. The molecular formula is C80H104N2. The summed E-state index contributed by atoms with van der Waals surface area (Å²) in [7, 11) is 2.20. The highest BCUT2D eigenvalue weighted by atomic mass is 15.1. The van der Waals surface area contributed by atoms with Crippen molar-refractivity contribution < 1.29 is 0 Å². The third kappa shape index (κ3) is 12.6. The average molecular weight is 1090 g/mol. The average Bonchev–Trinajstić information content (AvgIpc) is 3.96. The number of anilines is 3. The van der Waals surface area contributed by atoms with E-state index in [1.807, 2.05) is 125 Å². The molecule has 3 aliphatic carbocycles. The van der Waals surface area contributed by atoms with Crippen LogP contribution in [0.3, 0.4) is 0 Å². The minimum absolute atomic E-state index is 0.541. The van der Waals surface area contributed by atoms with E-state index >= 15 is 0 Å². The van der Waals surface area contributed by atoms with E-state index in [1.54, 1.807) is 0 Å². The first-order valence-corrected chi connectivity index (χ1v) is 32.0. The standard InChI is InChI=1S/C62H50N2.9C2H6/c1-4-63(3)48-33-35-51-53-40-58-54(41-57(53)61(55(51)38-48,44-23-10-6-11-24-44)45-25-12-7-13-26-45)52-36-34-49(39-56(52)62(58,46-27-14-8-15-28-46)47-29-16-9-17-30-47)64(5-2)59-32-20-22-43-37-42-21-18-19-31-50(42)60(43)59;9*1-2/h6-36,38-41H,4-5,37H2,1-3H3;9*1-2H3. The van der Waals surface area contributed by atoms with Gasteiger partial charge in [0.25, 0.3) is 0 Å². The van der Waals surface area contributed by atoms with Gasteiger partial charge in [0.1, 0.15) is 0 Å². The van der Waals surface area contributed by atoms with E-state index < -0.39 is 10.8 Å². The number of nitrogens with zero attached hydrogens (tertiary/aromatic N) is 2. The summed E-state index contributed by atoms with van der Waals surface area (Å²) in [6, 6.07) is 80.6. The van der Waals surface area contributed by atoms with Gasteiger partial charge in [-0.1, -0.05) is 294 Å². The van der Waals surface area contributed by atoms with Crippen LogP contribution in [0.1, 0.15) is 194 Å². The van der Waals surface area contributed by atoms with Crippen LogP contribution < -0.4 is 9.80 Å². The van der Waals surface area contributed by atoms with Gasteiger partial charge in [0.2, 0.25) is 0 Å². The Hall–Kier alpha value is -7.42. The largest absolute Gasteiger partial charge is 0.375 e. The Morgan fingerprint density at radius 3 is 1.04 bits per heavy atom. The van der Waals surface area contributed by atoms with E-state index in [9.17, 15) is 0 Å². The molecule has 9 aromatic rings. The predicted octanol–water partition coefficient (Wildman–Crippen LogP) is 23.8. The van der Waals surface area contributed by atoms with Crippen molar-refractivity contribution in [3.8, 4) is 33.4 Å². The van der Waals surface area contributed by atoms with E-state index in [2.05, 4.69) is 243 Å². The highest BCUT2D eigenvalue weighted by Crippen LogP contribution is 2.63. The molecule has 9 aromatic carbocycles. The van der Waals surface area contributed by atoms with E-state index in [1.165, 1.54) is 106 Å². The quantitative estimate of drug-likeness (QED) is 0.142. The van der Waals surface area contributed by atoms with Crippen molar-refractivity contribution in [3.05, 3.63) is 268 Å². The van der Waals surface area contributed by atoms with Crippen molar-refractivity contribution in [2.45, 2.75) is 156 Å². The highest BCUT2D eigenvalue weighted by Gasteiger charge is 2.51. The van der Waals surface area contributed by atoms with Crippen LogP contribution in [0.2, 0.25) is 0 Å². The Morgan fingerprint density at radius 2 is 0.646 bits per heavy atom. The van der Waals surface area contributed by atoms with Gasteiger partial charge < -0.3 is 9.80 Å². The first-order chi connectivity index (χ1) is 40.6. The molecule has 434 valence electrons. The maximum absolute atomic E-state index is 2.60. The topological polar surface area (TPSA) is 6.48 Å². The third-order valence-electron chi connectivity index (χ3n) is 14.8. The van der Waals surface area contributed by atoms with Crippen molar-refractivity contribution in [2.75, 3.05) is 29.9 Å². The molecule has 2 heteroatoms. The molecule has 0 aromatic heterocycles.